The van der Waals surface area contributed by atoms with Crippen molar-refractivity contribution in [1.29, 1.82) is 0 Å². The van der Waals surface area contributed by atoms with E-state index in [1.807, 2.05) is 36.4 Å². The smallest absolute Gasteiger partial charge is 0.184 e. The van der Waals surface area contributed by atoms with Crippen LogP contribution in [0.3, 0.4) is 0 Å². The number of hydrogen-bond donors (Lipinski definition) is 2. The number of thiocarbonyl (C=S) groups is 1. The largest absolute Gasteiger partial charge is 0.375 e. The van der Waals surface area contributed by atoms with Gasteiger partial charge in [0.25, 0.3) is 0 Å². The van der Waals surface area contributed by atoms with Crippen LogP contribution in [0.1, 0.15) is 36.7 Å². The van der Waals surface area contributed by atoms with Crippen LogP contribution in [0.5, 0.6) is 0 Å². The number of hydrazone groups is 1. The molecule has 3 rings (SSSR count). The lowest BCUT2D eigenvalue weighted by molar-refractivity contribution is -0.0428. The van der Waals surface area contributed by atoms with Crippen LogP contribution in [0, 0.1) is 5.92 Å². The normalized spacial score (nSPS) is 25.4. The molecule has 0 aliphatic carbocycles. The molecular weight excluding hydrogens is 318 g/mol. The van der Waals surface area contributed by atoms with Crippen LogP contribution in [0.25, 0.3) is 0 Å². The van der Waals surface area contributed by atoms with Gasteiger partial charge in [-0.2, -0.15) is 5.10 Å². The molecule has 3 unspecified atom stereocenters. The minimum absolute atomic E-state index is 0.0421. The fourth-order valence-electron chi connectivity index (χ4n) is 3.04. The van der Waals surface area contributed by atoms with Gasteiger partial charge in [0, 0.05) is 18.1 Å². The van der Waals surface area contributed by atoms with Crippen molar-refractivity contribution in [2.45, 2.75) is 25.6 Å². The zero-order valence-electron chi connectivity index (χ0n) is 13.6. The third kappa shape index (κ3) is 3.80. The number of rotatable bonds is 3. The highest BCUT2D eigenvalue weighted by Crippen LogP contribution is 2.40. The fourth-order valence-corrected chi connectivity index (χ4v) is 3.09. The maximum atomic E-state index is 6.44. The molecule has 0 aromatic heterocycles. The van der Waals surface area contributed by atoms with E-state index in [-0.39, 0.29) is 23.2 Å². The van der Waals surface area contributed by atoms with Crippen LogP contribution >= 0.6 is 12.2 Å². The molecule has 3 atom stereocenters. The minimum Gasteiger partial charge on any atom is -0.375 e. The summed E-state index contributed by atoms with van der Waals surface area (Å²) in [7, 11) is 0. The van der Waals surface area contributed by atoms with Crippen molar-refractivity contribution < 1.29 is 4.74 Å². The summed E-state index contributed by atoms with van der Waals surface area (Å²) in [6, 6.07) is 20.5. The third-order valence-corrected chi connectivity index (χ3v) is 4.39. The molecule has 1 aliphatic heterocycles. The summed E-state index contributed by atoms with van der Waals surface area (Å²) in [6.45, 7) is 2.12. The Morgan fingerprint density at radius 3 is 2.25 bits per heavy atom. The van der Waals surface area contributed by atoms with E-state index in [1.165, 1.54) is 0 Å². The van der Waals surface area contributed by atoms with Gasteiger partial charge >= 0.3 is 0 Å². The van der Waals surface area contributed by atoms with Gasteiger partial charge in [-0.15, -0.1) is 0 Å². The van der Waals surface area contributed by atoms with Crippen LogP contribution in [-0.4, -0.2) is 10.8 Å². The Balaban J connectivity index is 1.93. The van der Waals surface area contributed by atoms with Gasteiger partial charge in [0.1, 0.15) is 0 Å². The van der Waals surface area contributed by atoms with Gasteiger partial charge in [-0.05, 0) is 23.3 Å². The third-order valence-electron chi connectivity index (χ3n) is 4.29. The minimum atomic E-state index is -0.0583. The van der Waals surface area contributed by atoms with Gasteiger partial charge in [0.15, 0.2) is 5.11 Å². The maximum absolute atomic E-state index is 6.44. The van der Waals surface area contributed by atoms with E-state index in [2.05, 4.69) is 41.7 Å². The molecule has 2 aromatic carbocycles. The molecule has 24 heavy (non-hydrogen) atoms. The number of nitrogens with one attached hydrogen (secondary N) is 1. The van der Waals surface area contributed by atoms with E-state index in [4.69, 9.17) is 22.7 Å². The first-order chi connectivity index (χ1) is 11.6. The molecule has 0 amide bonds. The highest BCUT2D eigenvalue weighted by molar-refractivity contribution is 7.80. The van der Waals surface area contributed by atoms with Crippen LogP contribution in [0.2, 0.25) is 0 Å². The summed E-state index contributed by atoms with van der Waals surface area (Å²) in [5, 5.41) is 4.61. The van der Waals surface area contributed by atoms with E-state index in [9.17, 15) is 0 Å². The van der Waals surface area contributed by atoms with Crippen LogP contribution in [-0.2, 0) is 4.74 Å². The van der Waals surface area contributed by atoms with Gasteiger partial charge in [-0.1, -0.05) is 67.6 Å². The molecule has 1 fully saturated rings. The van der Waals surface area contributed by atoms with Gasteiger partial charge in [0.2, 0.25) is 0 Å². The number of benzene rings is 2. The Morgan fingerprint density at radius 1 is 1.08 bits per heavy atom. The van der Waals surface area contributed by atoms with Gasteiger partial charge in [-0.3, -0.25) is 5.43 Å². The Labute approximate surface area is 147 Å². The van der Waals surface area contributed by atoms with E-state index < -0.39 is 0 Å². The summed E-state index contributed by atoms with van der Waals surface area (Å²) in [5.41, 5.74) is 11.6. The van der Waals surface area contributed by atoms with Crippen molar-refractivity contribution in [2.75, 3.05) is 0 Å². The summed E-state index contributed by atoms with van der Waals surface area (Å²) in [4.78, 5) is 0. The number of hydrogen-bond acceptors (Lipinski definition) is 3. The monoisotopic (exact) mass is 339 g/mol. The average Bonchev–Trinajstić information content (AvgIpc) is 2.62. The van der Waals surface area contributed by atoms with Crippen LogP contribution < -0.4 is 11.2 Å². The second-order valence-electron chi connectivity index (χ2n) is 5.94. The van der Waals surface area contributed by atoms with E-state index in [0.717, 1.165) is 16.8 Å². The highest BCUT2D eigenvalue weighted by Gasteiger charge is 2.35. The van der Waals surface area contributed by atoms with Gasteiger partial charge < -0.3 is 10.5 Å². The molecule has 1 aliphatic rings. The number of ether oxygens (including phenoxy) is 1. The van der Waals surface area contributed by atoms with Crippen molar-refractivity contribution in [3.05, 3.63) is 71.8 Å². The standard InChI is InChI=1S/C19H21N3OS/c1-13-16(21-22-19(20)24)12-17(14-8-4-2-5-9-14)23-18(13)15-10-6-3-7-11-15/h2-11,13,17-18H,12H2,1H3,(H3,20,22,24)/b21-16-. The molecule has 4 nitrogen and oxygen atoms in total. The molecule has 124 valence electrons. The van der Waals surface area contributed by atoms with Crippen molar-refractivity contribution in [1.82, 2.24) is 5.43 Å². The second kappa shape index (κ2) is 7.55. The Hall–Kier alpha value is -2.24. The van der Waals surface area contributed by atoms with E-state index in [1.54, 1.807) is 0 Å². The topological polar surface area (TPSA) is 59.6 Å². The van der Waals surface area contributed by atoms with E-state index in [0.29, 0.717) is 6.42 Å². The second-order valence-corrected chi connectivity index (χ2v) is 6.38. The predicted molar refractivity (Wildman–Crippen MR) is 101 cm³/mol. The average molecular weight is 339 g/mol. The van der Waals surface area contributed by atoms with Crippen LogP contribution in [0.15, 0.2) is 65.8 Å². The molecular formula is C19H21N3OS. The molecule has 5 heteroatoms. The summed E-state index contributed by atoms with van der Waals surface area (Å²) in [6.07, 6.45) is 0.612. The molecule has 0 spiro atoms. The fraction of sp³-hybridized carbons (Fsp3) is 0.263. The Morgan fingerprint density at radius 2 is 1.67 bits per heavy atom. The summed E-state index contributed by atoms with van der Waals surface area (Å²) in [5.74, 6) is 0.134. The number of nitrogens with zero attached hydrogens (tertiary/aromatic N) is 1. The summed E-state index contributed by atoms with van der Waals surface area (Å²) >= 11 is 4.88. The molecule has 1 heterocycles. The molecule has 1 saturated heterocycles. The number of nitrogens with two attached hydrogens (primary N) is 1. The van der Waals surface area contributed by atoms with Gasteiger partial charge in [0.05, 0.1) is 12.2 Å². The zero-order chi connectivity index (χ0) is 16.9. The Kier molecular flexibility index (Phi) is 5.23. The van der Waals surface area contributed by atoms with Crippen molar-refractivity contribution in [2.24, 2.45) is 16.8 Å². The molecule has 0 bridgehead atoms. The first-order valence-corrected chi connectivity index (χ1v) is 8.43. The summed E-state index contributed by atoms with van der Waals surface area (Å²) < 4.78 is 6.44. The zero-order valence-corrected chi connectivity index (χ0v) is 14.4. The lowest BCUT2D eigenvalue weighted by atomic mass is 9.85. The molecule has 0 radical (unpaired) electrons. The van der Waals surface area contributed by atoms with E-state index >= 15 is 0 Å². The maximum Gasteiger partial charge on any atom is 0.184 e. The quantitative estimate of drug-likeness (QED) is 0.661. The molecule has 2 aromatic rings. The van der Waals surface area contributed by atoms with Gasteiger partial charge in [-0.25, -0.2) is 0 Å². The Bertz CT molecular complexity index is 718. The first-order valence-electron chi connectivity index (χ1n) is 8.02. The van der Waals surface area contributed by atoms with Crippen molar-refractivity contribution >= 4 is 23.0 Å². The molecule has 3 N–H and O–H groups in total. The lowest BCUT2D eigenvalue weighted by Gasteiger charge is -2.36. The lowest BCUT2D eigenvalue weighted by Crippen LogP contribution is -2.34. The predicted octanol–water partition coefficient (Wildman–Crippen LogP) is 3.71. The highest BCUT2D eigenvalue weighted by atomic mass is 32.1. The van der Waals surface area contributed by atoms with Crippen LogP contribution in [0.4, 0.5) is 0 Å². The SMILES string of the molecule is CC1/C(=N\NC(N)=S)CC(c2ccccc2)OC1c1ccccc1. The van der Waals surface area contributed by atoms with Crippen molar-refractivity contribution in [3.8, 4) is 0 Å². The first kappa shape index (κ1) is 16.6. The van der Waals surface area contributed by atoms with Crippen molar-refractivity contribution in [3.63, 3.8) is 0 Å². The molecule has 0 saturated carbocycles.